The van der Waals surface area contributed by atoms with Crippen molar-refractivity contribution in [1.82, 2.24) is 0 Å². The summed E-state index contributed by atoms with van der Waals surface area (Å²) in [6.45, 7) is 3.38. The van der Waals surface area contributed by atoms with Gasteiger partial charge in [0.05, 0.1) is 5.41 Å². The molecule has 0 aromatic carbocycles. The standard InChI is InChI=1S/C10H16O3/c1-7-6-8(7)10(9(11)12)2-4-13-5-3-10/h7-8H,2-6H2,1H3,(H,11,12). The third kappa shape index (κ3) is 1.35. The van der Waals surface area contributed by atoms with Gasteiger partial charge in [-0.3, -0.25) is 4.79 Å². The van der Waals surface area contributed by atoms with Crippen molar-refractivity contribution in [3.8, 4) is 0 Å². The van der Waals surface area contributed by atoms with E-state index in [1.807, 2.05) is 0 Å². The highest BCUT2D eigenvalue weighted by Crippen LogP contribution is 2.55. The second kappa shape index (κ2) is 2.98. The summed E-state index contributed by atoms with van der Waals surface area (Å²) in [6.07, 6.45) is 2.50. The van der Waals surface area contributed by atoms with Crippen LogP contribution in [0.1, 0.15) is 26.2 Å². The van der Waals surface area contributed by atoms with Gasteiger partial charge in [-0.15, -0.1) is 0 Å². The maximum atomic E-state index is 11.2. The van der Waals surface area contributed by atoms with Gasteiger partial charge < -0.3 is 9.84 Å². The van der Waals surface area contributed by atoms with E-state index < -0.39 is 11.4 Å². The number of carboxylic acid groups (broad SMARTS) is 1. The molecule has 0 bridgehead atoms. The first-order valence-electron chi connectivity index (χ1n) is 4.98. The van der Waals surface area contributed by atoms with E-state index in [0.29, 0.717) is 37.9 Å². The zero-order chi connectivity index (χ0) is 9.47. The minimum atomic E-state index is -0.606. The molecule has 0 aromatic rings. The minimum Gasteiger partial charge on any atom is -0.481 e. The molecule has 1 aliphatic carbocycles. The van der Waals surface area contributed by atoms with Gasteiger partial charge in [0, 0.05) is 13.2 Å². The minimum absolute atomic E-state index is 0.411. The highest BCUT2D eigenvalue weighted by atomic mass is 16.5. The molecule has 2 fully saturated rings. The highest BCUT2D eigenvalue weighted by molar-refractivity contribution is 5.75. The van der Waals surface area contributed by atoms with Gasteiger partial charge in [0.25, 0.3) is 0 Å². The van der Waals surface area contributed by atoms with E-state index >= 15 is 0 Å². The molecule has 1 aliphatic heterocycles. The lowest BCUT2D eigenvalue weighted by molar-refractivity contribution is -0.157. The Kier molecular flexibility index (Phi) is 2.06. The monoisotopic (exact) mass is 184 g/mol. The van der Waals surface area contributed by atoms with Crippen LogP contribution in [0.15, 0.2) is 0 Å². The molecule has 1 heterocycles. The summed E-state index contributed by atoms with van der Waals surface area (Å²) >= 11 is 0. The molecule has 2 aliphatic rings. The summed E-state index contributed by atoms with van der Waals surface area (Å²) in [7, 11) is 0. The normalized spacial score (nSPS) is 37.0. The van der Waals surface area contributed by atoms with E-state index in [1.165, 1.54) is 0 Å². The first-order valence-corrected chi connectivity index (χ1v) is 4.98. The van der Waals surface area contributed by atoms with Crippen molar-refractivity contribution in [2.45, 2.75) is 26.2 Å². The first-order chi connectivity index (χ1) is 6.17. The van der Waals surface area contributed by atoms with Gasteiger partial charge in [0.1, 0.15) is 0 Å². The van der Waals surface area contributed by atoms with Crippen molar-refractivity contribution < 1.29 is 14.6 Å². The van der Waals surface area contributed by atoms with Crippen molar-refractivity contribution in [2.75, 3.05) is 13.2 Å². The second-order valence-electron chi connectivity index (χ2n) is 4.39. The van der Waals surface area contributed by atoms with Gasteiger partial charge in [-0.05, 0) is 31.1 Å². The quantitative estimate of drug-likeness (QED) is 0.707. The summed E-state index contributed by atoms with van der Waals surface area (Å²) in [5.74, 6) is 0.410. The number of rotatable bonds is 2. The summed E-state index contributed by atoms with van der Waals surface area (Å²) in [5, 5.41) is 9.26. The fourth-order valence-corrected chi connectivity index (χ4v) is 2.57. The lowest BCUT2D eigenvalue weighted by Crippen LogP contribution is -2.39. The number of carboxylic acids is 1. The molecule has 0 amide bonds. The molecule has 3 nitrogen and oxygen atoms in total. The van der Waals surface area contributed by atoms with Crippen LogP contribution >= 0.6 is 0 Å². The van der Waals surface area contributed by atoms with Crippen LogP contribution in [0.3, 0.4) is 0 Å². The van der Waals surface area contributed by atoms with E-state index in [-0.39, 0.29) is 0 Å². The lowest BCUT2D eigenvalue weighted by atomic mass is 9.75. The molecule has 2 unspecified atom stereocenters. The van der Waals surface area contributed by atoms with Gasteiger partial charge in [0.15, 0.2) is 0 Å². The topological polar surface area (TPSA) is 46.5 Å². The molecular weight excluding hydrogens is 168 g/mol. The molecule has 2 atom stereocenters. The Morgan fingerprint density at radius 2 is 2.00 bits per heavy atom. The smallest absolute Gasteiger partial charge is 0.310 e. The molecule has 13 heavy (non-hydrogen) atoms. The molecule has 3 heteroatoms. The Labute approximate surface area is 78.1 Å². The predicted molar refractivity (Wildman–Crippen MR) is 47.4 cm³/mol. The van der Waals surface area contributed by atoms with Crippen molar-refractivity contribution >= 4 is 5.97 Å². The Bertz CT molecular complexity index is 218. The van der Waals surface area contributed by atoms with Crippen LogP contribution in [-0.4, -0.2) is 24.3 Å². The lowest BCUT2D eigenvalue weighted by Gasteiger charge is -2.33. The average molecular weight is 184 g/mol. The van der Waals surface area contributed by atoms with Crippen LogP contribution < -0.4 is 0 Å². The third-order valence-corrected chi connectivity index (χ3v) is 3.63. The first kappa shape index (κ1) is 9.00. The van der Waals surface area contributed by atoms with Crippen molar-refractivity contribution in [2.24, 2.45) is 17.3 Å². The van der Waals surface area contributed by atoms with Crippen LogP contribution in [0.4, 0.5) is 0 Å². The van der Waals surface area contributed by atoms with Gasteiger partial charge >= 0.3 is 5.97 Å². The highest BCUT2D eigenvalue weighted by Gasteiger charge is 2.55. The fourth-order valence-electron chi connectivity index (χ4n) is 2.57. The molecule has 74 valence electrons. The Hall–Kier alpha value is -0.570. The van der Waals surface area contributed by atoms with Crippen LogP contribution in [0.25, 0.3) is 0 Å². The molecule has 1 N–H and O–H groups in total. The number of hydrogen-bond donors (Lipinski definition) is 1. The predicted octanol–water partition coefficient (Wildman–Crippen LogP) is 1.52. The van der Waals surface area contributed by atoms with Crippen LogP contribution in [0.5, 0.6) is 0 Å². The maximum absolute atomic E-state index is 11.2. The summed E-state index contributed by atoms with van der Waals surface area (Å²) in [5.41, 5.74) is -0.447. The molecule has 2 rings (SSSR count). The zero-order valence-corrected chi connectivity index (χ0v) is 7.95. The van der Waals surface area contributed by atoms with Crippen molar-refractivity contribution in [1.29, 1.82) is 0 Å². The Morgan fingerprint density at radius 1 is 1.46 bits per heavy atom. The Morgan fingerprint density at radius 3 is 2.38 bits per heavy atom. The van der Waals surface area contributed by atoms with Crippen LogP contribution in [0.2, 0.25) is 0 Å². The zero-order valence-electron chi connectivity index (χ0n) is 7.95. The molecule has 1 saturated carbocycles. The molecule has 1 saturated heterocycles. The molecule has 0 aromatic heterocycles. The number of aliphatic carboxylic acids is 1. The Balaban J connectivity index is 2.14. The number of hydrogen-bond acceptors (Lipinski definition) is 2. The van der Waals surface area contributed by atoms with E-state index in [1.54, 1.807) is 0 Å². The molecule has 0 radical (unpaired) electrons. The average Bonchev–Trinajstić information content (AvgIpc) is 2.84. The fraction of sp³-hybridized carbons (Fsp3) is 0.900. The second-order valence-corrected chi connectivity index (χ2v) is 4.39. The number of ether oxygens (including phenoxy) is 1. The van der Waals surface area contributed by atoms with Gasteiger partial charge in [-0.25, -0.2) is 0 Å². The summed E-state index contributed by atoms with van der Waals surface area (Å²) in [4.78, 5) is 11.2. The largest absolute Gasteiger partial charge is 0.481 e. The van der Waals surface area contributed by atoms with E-state index in [0.717, 1.165) is 6.42 Å². The van der Waals surface area contributed by atoms with E-state index in [4.69, 9.17) is 4.74 Å². The maximum Gasteiger partial charge on any atom is 0.310 e. The van der Waals surface area contributed by atoms with Crippen molar-refractivity contribution in [3.63, 3.8) is 0 Å². The van der Waals surface area contributed by atoms with E-state index in [2.05, 4.69) is 6.92 Å². The van der Waals surface area contributed by atoms with Gasteiger partial charge in [-0.2, -0.15) is 0 Å². The van der Waals surface area contributed by atoms with Gasteiger partial charge in [-0.1, -0.05) is 6.92 Å². The molecular formula is C10H16O3. The third-order valence-electron chi connectivity index (χ3n) is 3.63. The van der Waals surface area contributed by atoms with E-state index in [9.17, 15) is 9.90 Å². The summed E-state index contributed by atoms with van der Waals surface area (Å²) in [6, 6.07) is 0. The van der Waals surface area contributed by atoms with Crippen LogP contribution in [0, 0.1) is 17.3 Å². The van der Waals surface area contributed by atoms with Gasteiger partial charge in [0.2, 0.25) is 0 Å². The molecule has 0 spiro atoms. The SMILES string of the molecule is CC1CC1C1(C(=O)O)CCOCC1. The summed E-state index contributed by atoms with van der Waals surface area (Å²) < 4.78 is 5.22. The van der Waals surface area contributed by atoms with Crippen molar-refractivity contribution in [3.05, 3.63) is 0 Å². The van der Waals surface area contributed by atoms with Crippen LogP contribution in [-0.2, 0) is 9.53 Å². The number of carbonyl (C=O) groups is 1.